The van der Waals surface area contributed by atoms with Gasteiger partial charge in [-0.3, -0.25) is 9.79 Å². The lowest BCUT2D eigenvalue weighted by atomic mass is 9.88. The van der Waals surface area contributed by atoms with E-state index in [0.717, 1.165) is 36.5 Å². The highest BCUT2D eigenvalue weighted by Crippen LogP contribution is 2.35. The van der Waals surface area contributed by atoms with Gasteiger partial charge < -0.3 is 15.5 Å². The molecule has 2 aliphatic heterocycles. The summed E-state index contributed by atoms with van der Waals surface area (Å²) in [4.78, 5) is 21.8. The largest absolute Gasteiger partial charge is 0.379 e. The highest BCUT2D eigenvalue weighted by molar-refractivity contribution is 8.13. The Morgan fingerprint density at radius 2 is 1.86 bits per heavy atom. The molecular formula is C22H25FN4OS. The molecule has 1 fully saturated rings. The number of nitrogens with zero attached hydrogens (tertiary/aromatic N) is 3. The monoisotopic (exact) mass is 412 g/mol. The van der Waals surface area contributed by atoms with Crippen molar-refractivity contribution in [2.24, 2.45) is 10.7 Å². The van der Waals surface area contributed by atoms with Crippen molar-refractivity contribution >= 4 is 28.5 Å². The molecule has 7 heteroatoms. The summed E-state index contributed by atoms with van der Waals surface area (Å²) in [6, 6.07) is 14.3. The smallest absolute Gasteiger partial charge is 0.253 e. The van der Waals surface area contributed by atoms with Crippen LogP contribution in [0.5, 0.6) is 0 Å². The van der Waals surface area contributed by atoms with Crippen molar-refractivity contribution in [3.8, 4) is 0 Å². The van der Waals surface area contributed by atoms with E-state index in [4.69, 9.17) is 5.73 Å². The minimum Gasteiger partial charge on any atom is -0.379 e. The molecule has 1 amide bonds. The van der Waals surface area contributed by atoms with Gasteiger partial charge in [-0.1, -0.05) is 23.9 Å². The average Bonchev–Trinajstić information content (AvgIpc) is 2.74. The van der Waals surface area contributed by atoms with Gasteiger partial charge in [0, 0.05) is 43.2 Å². The lowest BCUT2D eigenvalue weighted by Gasteiger charge is -2.36. The number of piperazine rings is 1. The van der Waals surface area contributed by atoms with Crippen LogP contribution in [0.1, 0.15) is 29.3 Å². The van der Waals surface area contributed by atoms with E-state index < -0.39 is 0 Å². The third-order valence-electron chi connectivity index (χ3n) is 5.69. The van der Waals surface area contributed by atoms with Crippen LogP contribution in [0.2, 0.25) is 0 Å². The number of hydrogen-bond donors (Lipinski definition) is 1. The number of carbonyl (C=O) groups excluding carboxylic acids is 1. The number of amides is 1. The van der Waals surface area contributed by atoms with Crippen molar-refractivity contribution in [2.45, 2.75) is 18.9 Å². The highest BCUT2D eigenvalue weighted by atomic mass is 32.2. The third-order valence-corrected chi connectivity index (χ3v) is 6.48. The molecule has 2 N–H and O–H groups in total. The molecule has 0 spiro atoms. The first-order chi connectivity index (χ1) is 13.9. The van der Waals surface area contributed by atoms with Crippen LogP contribution in [0.3, 0.4) is 0 Å². The fourth-order valence-electron chi connectivity index (χ4n) is 3.88. The molecule has 2 aliphatic rings. The molecule has 0 aliphatic carbocycles. The predicted molar refractivity (Wildman–Crippen MR) is 117 cm³/mol. The van der Waals surface area contributed by atoms with Gasteiger partial charge >= 0.3 is 0 Å². The maximum atomic E-state index is 13.1. The lowest BCUT2D eigenvalue weighted by Crippen LogP contribution is -2.48. The Hall–Kier alpha value is -2.54. The molecular weight excluding hydrogens is 387 g/mol. The van der Waals surface area contributed by atoms with E-state index in [1.54, 1.807) is 23.9 Å². The predicted octanol–water partition coefficient (Wildman–Crippen LogP) is 3.45. The standard InChI is InChI=1S/C22H25FN4OS/c1-22(9-14-29-21(24)25-22)17-4-2-3-16(15-17)20(28)27-12-10-26(11-13-27)19-7-5-18(23)6-8-19/h2-8,15H,9-14H2,1H3,(H2,24,25). The Labute approximate surface area is 174 Å². The average molecular weight is 413 g/mol. The first kappa shape index (κ1) is 19.8. The molecule has 0 bridgehead atoms. The van der Waals surface area contributed by atoms with E-state index in [1.165, 1.54) is 12.1 Å². The molecule has 0 aromatic heterocycles. The number of amidine groups is 1. The highest BCUT2D eigenvalue weighted by Gasteiger charge is 2.30. The van der Waals surface area contributed by atoms with Crippen LogP contribution in [-0.2, 0) is 5.54 Å². The minimum absolute atomic E-state index is 0.0383. The number of benzene rings is 2. The molecule has 1 unspecified atom stereocenters. The number of hydrogen-bond acceptors (Lipinski definition) is 5. The first-order valence-electron chi connectivity index (χ1n) is 9.83. The van der Waals surface area contributed by atoms with Crippen molar-refractivity contribution in [2.75, 3.05) is 36.8 Å². The van der Waals surface area contributed by atoms with E-state index in [-0.39, 0.29) is 17.3 Å². The van der Waals surface area contributed by atoms with Crippen LogP contribution in [-0.4, -0.2) is 47.9 Å². The third kappa shape index (κ3) is 4.24. The normalized spacial score (nSPS) is 22.3. The van der Waals surface area contributed by atoms with Gasteiger partial charge in [0.05, 0.1) is 5.54 Å². The van der Waals surface area contributed by atoms with Crippen LogP contribution in [0.15, 0.2) is 53.5 Å². The van der Waals surface area contributed by atoms with E-state index in [1.807, 2.05) is 29.2 Å². The zero-order chi connectivity index (χ0) is 20.4. The number of rotatable bonds is 3. The molecule has 1 atom stereocenters. The van der Waals surface area contributed by atoms with Crippen LogP contribution in [0.4, 0.5) is 10.1 Å². The van der Waals surface area contributed by atoms with Gasteiger partial charge in [0.25, 0.3) is 5.91 Å². The molecule has 5 nitrogen and oxygen atoms in total. The second kappa shape index (κ2) is 8.06. The van der Waals surface area contributed by atoms with E-state index in [9.17, 15) is 9.18 Å². The number of nitrogens with two attached hydrogens (primary N) is 1. The molecule has 0 saturated carbocycles. The topological polar surface area (TPSA) is 61.9 Å². The van der Waals surface area contributed by atoms with Crippen LogP contribution < -0.4 is 10.6 Å². The molecule has 29 heavy (non-hydrogen) atoms. The quantitative estimate of drug-likeness (QED) is 0.839. The summed E-state index contributed by atoms with van der Waals surface area (Å²) in [5, 5.41) is 0.604. The van der Waals surface area contributed by atoms with Crippen LogP contribution in [0.25, 0.3) is 0 Å². The number of halogens is 1. The Balaban J connectivity index is 1.45. The van der Waals surface area contributed by atoms with Gasteiger partial charge in [-0.25, -0.2) is 4.39 Å². The first-order valence-corrected chi connectivity index (χ1v) is 10.8. The Bertz CT molecular complexity index is 925. The fourth-order valence-corrected chi connectivity index (χ4v) is 4.86. The van der Waals surface area contributed by atoms with Gasteiger partial charge in [-0.15, -0.1) is 0 Å². The van der Waals surface area contributed by atoms with Crippen LogP contribution >= 0.6 is 11.8 Å². The number of anilines is 1. The maximum Gasteiger partial charge on any atom is 0.253 e. The maximum absolute atomic E-state index is 13.1. The fraction of sp³-hybridized carbons (Fsp3) is 0.364. The van der Waals surface area contributed by atoms with E-state index >= 15 is 0 Å². The van der Waals surface area contributed by atoms with Gasteiger partial charge in [-0.05, 0) is 55.3 Å². The summed E-state index contributed by atoms with van der Waals surface area (Å²) < 4.78 is 13.1. The van der Waals surface area contributed by atoms with Crippen molar-refractivity contribution < 1.29 is 9.18 Å². The summed E-state index contributed by atoms with van der Waals surface area (Å²) in [6.07, 6.45) is 0.895. The zero-order valence-corrected chi connectivity index (χ0v) is 17.3. The lowest BCUT2D eigenvalue weighted by molar-refractivity contribution is 0.0746. The molecule has 152 valence electrons. The Morgan fingerprint density at radius 1 is 1.14 bits per heavy atom. The molecule has 2 aromatic rings. The molecule has 1 saturated heterocycles. The summed E-state index contributed by atoms with van der Waals surface area (Å²) in [6.45, 7) is 4.81. The molecule has 4 rings (SSSR count). The SMILES string of the molecule is CC1(c2cccc(C(=O)N3CCN(c4ccc(F)cc4)CC3)c2)CCSC(N)=N1. The van der Waals surface area contributed by atoms with E-state index in [2.05, 4.69) is 16.8 Å². The van der Waals surface area contributed by atoms with Gasteiger partial charge in [0.15, 0.2) is 5.17 Å². The van der Waals surface area contributed by atoms with Gasteiger partial charge in [-0.2, -0.15) is 0 Å². The van der Waals surface area contributed by atoms with E-state index in [0.29, 0.717) is 23.8 Å². The van der Waals surface area contributed by atoms with Gasteiger partial charge in [0.2, 0.25) is 0 Å². The van der Waals surface area contributed by atoms with Gasteiger partial charge in [0.1, 0.15) is 5.82 Å². The second-order valence-electron chi connectivity index (χ2n) is 7.66. The van der Waals surface area contributed by atoms with Crippen molar-refractivity contribution in [1.29, 1.82) is 0 Å². The van der Waals surface area contributed by atoms with Crippen molar-refractivity contribution in [1.82, 2.24) is 4.90 Å². The second-order valence-corrected chi connectivity index (χ2v) is 8.77. The summed E-state index contributed by atoms with van der Waals surface area (Å²) in [5.74, 6) is 0.727. The summed E-state index contributed by atoms with van der Waals surface area (Å²) in [5.41, 5.74) is 8.26. The van der Waals surface area contributed by atoms with Crippen molar-refractivity contribution in [3.05, 3.63) is 65.5 Å². The minimum atomic E-state index is -0.382. The Kier molecular flexibility index (Phi) is 5.50. The Morgan fingerprint density at radius 3 is 2.55 bits per heavy atom. The molecule has 2 heterocycles. The number of carbonyl (C=O) groups is 1. The molecule has 0 radical (unpaired) electrons. The summed E-state index contributed by atoms with van der Waals surface area (Å²) in [7, 11) is 0. The number of aliphatic imine (C=N–C) groups is 1. The number of thioether (sulfide) groups is 1. The van der Waals surface area contributed by atoms with Crippen LogP contribution in [0, 0.1) is 5.82 Å². The zero-order valence-electron chi connectivity index (χ0n) is 16.5. The van der Waals surface area contributed by atoms with Crippen molar-refractivity contribution in [3.63, 3.8) is 0 Å². The molecule has 2 aromatic carbocycles. The summed E-state index contributed by atoms with van der Waals surface area (Å²) >= 11 is 1.57.